The van der Waals surface area contributed by atoms with Gasteiger partial charge in [-0.15, -0.1) is 0 Å². The van der Waals surface area contributed by atoms with E-state index in [-0.39, 0.29) is 182 Å². The van der Waals surface area contributed by atoms with Gasteiger partial charge in [-0.25, -0.2) is 10.2 Å². The number of nitrogens with one attached hydrogen (secondary N) is 6. The minimum atomic E-state index is -1.46. The van der Waals surface area contributed by atoms with E-state index >= 15 is 0 Å². The third kappa shape index (κ3) is 36.2. The summed E-state index contributed by atoms with van der Waals surface area (Å²) in [6.45, 7) is 9.44. The molecule has 0 fully saturated rings. The molecule has 9 N–H and O–H groups in total. The molecule has 0 saturated heterocycles. The van der Waals surface area contributed by atoms with Crippen molar-refractivity contribution in [2.75, 3.05) is 26.2 Å². The van der Waals surface area contributed by atoms with E-state index in [0.29, 0.717) is 75.5 Å². The van der Waals surface area contributed by atoms with Gasteiger partial charge in [0.05, 0.1) is 43.9 Å². The first-order valence-electron chi connectivity index (χ1n) is 24.8. The predicted molar refractivity (Wildman–Crippen MR) is 291 cm³/mol. The van der Waals surface area contributed by atoms with Gasteiger partial charge in [-0.3, -0.25) is 77.3 Å². The van der Waals surface area contributed by atoms with Gasteiger partial charge in [0.15, 0.2) is 28.9 Å². The van der Waals surface area contributed by atoms with Gasteiger partial charge in [-0.2, -0.15) is 28.1 Å². The predicted octanol–water partition coefficient (Wildman–Crippen LogP) is -2.82. The van der Waals surface area contributed by atoms with E-state index in [2.05, 4.69) is 41.5 Å². The van der Waals surface area contributed by atoms with Crippen LogP contribution in [0.3, 0.4) is 0 Å². The van der Waals surface area contributed by atoms with Gasteiger partial charge >= 0.3 is 47.8 Å². The number of ether oxygens (including phenoxy) is 1. The Morgan fingerprint density at radius 2 is 0.786 bits per heavy atom. The van der Waals surface area contributed by atoms with Crippen LogP contribution in [0.5, 0.6) is 5.75 Å². The van der Waals surface area contributed by atoms with E-state index in [0.717, 1.165) is 12.8 Å². The van der Waals surface area contributed by atoms with Crippen LogP contribution in [-0.4, -0.2) is 99.5 Å². The number of carbonyl (C=O) groups excluding carboxylic acids is 9. The normalized spacial score (nSPS) is 9.70. The molecular formula is C52H75F4N10NaO17. The average Bonchev–Trinajstić information content (AvgIpc) is 3.41. The molecule has 1 aromatic heterocycles. The third-order valence-corrected chi connectivity index (χ3v) is 10.7. The van der Waals surface area contributed by atoms with Crippen molar-refractivity contribution in [3.63, 3.8) is 0 Å². The summed E-state index contributed by atoms with van der Waals surface area (Å²) < 4.78 is 53.3. The van der Waals surface area contributed by atoms with E-state index in [1.54, 1.807) is 13.8 Å². The van der Waals surface area contributed by atoms with Crippen molar-refractivity contribution >= 4 is 52.8 Å². The van der Waals surface area contributed by atoms with Crippen LogP contribution in [0.2, 0.25) is 0 Å². The number of rotatable bonds is 29. The number of carbonyl (C=O) groups is 9. The summed E-state index contributed by atoms with van der Waals surface area (Å²) >= 11 is 0. The van der Waals surface area contributed by atoms with Crippen LogP contribution in [0, 0.1) is 37.9 Å². The number of unbranched alkanes of at least 4 members (excludes halogenated alkanes) is 4. The zero-order valence-electron chi connectivity index (χ0n) is 46.6. The summed E-state index contributed by atoms with van der Waals surface area (Å²) in [5.41, 5.74) is -0.770. The smallest absolute Gasteiger partial charge is 0.870 e. The molecule has 32 heteroatoms. The topological polar surface area (TPSA) is 432 Å². The van der Waals surface area contributed by atoms with Crippen molar-refractivity contribution in [1.29, 1.82) is 0 Å². The van der Waals surface area contributed by atoms with Crippen molar-refractivity contribution in [3.05, 3.63) is 108 Å². The number of halogens is 4. The fourth-order valence-corrected chi connectivity index (χ4v) is 5.92. The molecular weight excluding hydrogens is 1140 g/mol. The molecule has 0 bridgehead atoms. The second-order valence-electron chi connectivity index (χ2n) is 17.3. The molecule has 0 aliphatic heterocycles. The number of aromatic nitrogens is 3. The molecule has 27 nitrogen and oxygen atoms in total. The van der Waals surface area contributed by atoms with Crippen molar-refractivity contribution in [2.24, 2.45) is 5.84 Å². The molecule has 0 saturated carbocycles. The van der Waals surface area contributed by atoms with Crippen LogP contribution in [0.15, 0.2) is 28.8 Å². The van der Waals surface area contributed by atoms with Gasteiger partial charge in [-0.1, -0.05) is 28.2 Å². The third-order valence-electron chi connectivity index (χ3n) is 10.7. The minimum Gasteiger partial charge on any atom is -0.870 e. The number of ketones is 3. The summed E-state index contributed by atoms with van der Waals surface area (Å²) in [5, 5.41) is 12.2. The van der Waals surface area contributed by atoms with Crippen LogP contribution in [0.4, 0.5) is 17.6 Å². The number of hydrogen-bond donors (Lipinski definition) is 7. The first-order chi connectivity index (χ1) is 37.6. The molecule has 0 atom stereocenters. The van der Waals surface area contributed by atoms with E-state index in [1.165, 1.54) is 20.8 Å². The molecule has 0 radical (unpaired) electrons. The van der Waals surface area contributed by atoms with Gasteiger partial charge in [0.2, 0.25) is 57.2 Å². The number of hydrogen-bond acceptors (Lipinski definition) is 21. The fraction of sp³-hybridized carbons (Fsp3) is 0.538. The second kappa shape index (κ2) is 46.9. The molecule has 6 amide bonds. The summed E-state index contributed by atoms with van der Waals surface area (Å²) in [4.78, 5) is 172. The Balaban J connectivity index is -0.000000324. The van der Waals surface area contributed by atoms with Crippen molar-refractivity contribution in [2.45, 2.75) is 159 Å². The van der Waals surface area contributed by atoms with E-state index < -0.39 is 45.8 Å². The Morgan fingerprint density at radius 1 is 0.464 bits per heavy atom. The summed E-state index contributed by atoms with van der Waals surface area (Å²) in [6.07, 6.45) is 2.15. The van der Waals surface area contributed by atoms with Crippen molar-refractivity contribution < 1.29 is 100 Å². The number of hydrazine groups is 1. The van der Waals surface area contributed by atoms with Crippen LogP contribution in [0.25, 0.3) is 0 Å². The fourth-order valence-electron chi connectivity index (χ4n) is 5.92. The second-order valence-corrected chi connectivity index (χ2v) is 17.3. The maximum Gasteiger partial charge on any atom is 1.00 e. The molecule has 3 aromatic carbocycles. The minimum absolute atomic E-state index is 0. The van der Waals surface area contributed by atoms with Crippen LogP contribution < -0.4 is 105 Å². The monoisotopic (exact) mass is 1210 g/mol. The summed E-state index contributed by atoms with van der Waals surface area (Å²) in [7, 11) is 0. The van der Waals surface area contributed by atoms with Gasteiger partial charge in [0, 0.05) is 77.0 Å². The first-order valence-corrected chi connectivity index (χ1v) is 24.8. The maximum atomic E-state index is 12.9. The molecule has 1 heterocycles. The standard InChI is InChI=1S/C18H26N2O6.C14H17FN2O5.C9H17N3O3.C6H6O2.C3F3N3.2CH4.Na.H2O/c1-3-4-9-26-18-14(16(24)17(18)25)11-20-15(23)8-6-5-7-13(22)10-19-12(2)21;1-8(18)16-6-9(19)4-2-3-5-11(20)17-7-10-12(15)14(22)13(10)21;1-7(13)11-6-8(14)4-2-3-5-9(15)12-10;1-3-4(2)6(8)5(3)7;4-1-7-2(5)9-3(6)8-1;;;;/h3-11H2,1-2H3,(H,19,21)(H,20,23);2-7H2,1H3,(H,16,18)(H,17,20);2-6,10H2,1H3,(H,11,13)(H,12,15);1-2H3;;2*1H4;;1H2/q;;;;;;;+1;/p-1. The van der Waals surface area contributed by atoms with Crippen LogP contribution in [0.1, 0.15) is 155 Å². The molecule has 0 aliphatic carbocycles. The zero-order valence-corrected chi connectivity index (χ0v) is 48.6. The number of Topliss-reactive ketones (excluding diaryl/α,β-unsaturated/α-hetero) is 3. The Bertz CT molecular complexity index is 2910. The number of nitrogens with two attached hydrogens (primary N) is 1. The Hall–Kier alpha value is -7.48. The number of amides is 6. The Kier molecular flexibility index (Phi) is 47.7. The van der Waals surface area contributed by atoms with E-state index in [4.69, 9.17) is 10.6 Å². The molecule has 0 unspecified atom stereocenters. The summed E-state index contributed by atoms with van der Waals surface area (Å²) in [5.74, 6) is 1.99. The largest absolute Gasteiger partial charge is 1.00 e. The SMILES string of the molecule is C.C.CC(=O)NCC(=O)CCCCC(=O)NCc1c(F)c(=O)c1=O.CC(=O)NCC(=O)CCCCC(=O)NN.CCCCOc1c(CNC(=O)CCCCC(=O)CNC(C)=O)c(=O)c1=O.Cc1c(C)c(=O)c1=O.Fc1nc(F)nc(F)n1.[Na+].[OH-]. The van der Waals surface area contributed by atoms with Gasteiger partial charge < -0.3 is 36.8 Å². The quantitative estimate of drug-likeness (QED) is 0.00548. The van der Waals surface area contributed by atoms with Crippen LogP contribution in [-0.2, 0) is 56.2 Å². The van der Waals surface area contributed by atoms with Crippen molar-refractivity contribution in [1.82, 2.24) is 47.0 Å². The molecule has 464 valence electrons. The molecule has 0 aliphatic rings. The molecule has 84 heavy (non-hydrogen) atoms. The average molecular weight is 1210 g/mol. The van der Waals surface area contributed by atoms with Gasteiger partial charge in [0.25, 0.3) is 10.9 Å². The van der Waals surface area contributed by atoms with E-state index in [9.17, 15) is 89.5 Å². The van der Waals surface area contributed by atoms with Gasteiger partial charge in [-0.05, 0) is 58.8 Å². The number of nitrogens with zero attached hydrogens (tertiary/aromatic N) is 3. The first kappa shape index (κ1) is 85.3. The molecule has 4 aromatic rings. The molecule has 4 rings (SSSR count). The Labute approximate surface area is 502 Å². The van der Waals surface area contributed by atoms with Crippen molar-refractivity contribution in [3.8, 4) is 5.75 Å². The van der Waals surface area contributed by atoms with Gasteiger partial charge in [0.1, 0.15) is 0 Å². The Morgan fingerprint density at radius 3 is 1.10 bits per heavy atom. The zero-order chi connectivity index (χ0) is 61.1. The summed E-state index contributed by atoms with van der Waals surface area (Å²) in [6, 6.07) is 0. The molecule has 0 spiro atoms. The maximum absolute atomic E-state index is 12.9. The van der Waals surface area contributed by atoms with Crippen LogP contribution >= 0.6 is 0 Å². The van der Waals surface area contributed by atoms with E-state index in [1.807, 2.05) is 12.3 Å².